The van der Waals surface area contributed by atoms with Crippen LogP contribution >= 0.6 is 11.8 Å². The van der Waals surface area contributed by atoms with Crippen LogP contribution in [0.3, 0.4) is 0 Å². The number of halogens is 1. The molecule has 0 radical (unpaired) electrons. The molecule has 8 heteroatoms. The van der Waals surface area contributed by atoms with E-state index in [1.807, 2.05) is 6.07 Å². The standard InChI is InChI=1S/C31H27FN2O4S/c1-37-28-16-15-21(18-29(28)38-2)17-27(34-30(35)22-9-4-3-5-10-22)31(36)33-24-12-8-13-25(19-24)39-20-23-11-6-7-14-26(23)32/h3-19H,20H2,1-2H3,(H,33,36)(H,34,35)/b27-17+. The predicted molar refractivity (Wildman–Crippen MR) is 152 cm³/mol. The largest absolute Gasteiger partial charge is 0.493 e. The van der Waals surface area contributed by atoms with E-state index in [0.29, 0.717) is 39.6 Å². The zero-order chi connectivity index (χ0) is 27.6. The lowest BCUT2D eigenvalue weighted by Crippen LogP contribution is -2.30. The highest BCUT2D eigenvalue weighted by atomic mass is 32.2. The second-order valence-corrected chi connectivity index (χ2v) is 9.40. The van der Waals surface area contributed by atoms with Crippen molar-refractivity contribution < 1.29 is 23.5 Å². The fourth-order valence-electron chi connectivity index (χ4n) is 3.69. The molecule has 0 unspecified atom stereocenters. The van der Waals surface area contributed by atoms with Crippen LogP contribution < -0.4 is 20.1 Å². The van der Waals surface area contributed by atoms with Crippen molar-refractivity contribution in [2.75, 3.05) is 19.5 Å². The first-order chi connectivity index (χ1) is 19.0. The molecule has 0 aliphatic carbocycles. The minimum Gasteiger partial charge on any atom is -0.493 e. The number of rotatable bonds is 10. The van der Waals surface area contributed by atoms with Gasteiger partial charge in [-0.05, 0) is 65.7 Å². The number of hydrogen-bond donors (Lipinski definition) is 2. The summed E-state index contributed by atoms with van der Waals surface area (Å²) in [5, 5.41) is 5.58. The highest BCUT2D eigenvalue weighted by Crippen LogP contribution is 2.29. The van der Waals surface area contributed by atoms with Gasteiger partial charge < -0.3 is 20.1 Å². The molecule has 4 rings (SSSR count). The van der Waals surface area contributed by atoms with Crippen molar-refractivity contribution in [1.82, 2.24) is 5.32 Å². The summed E-state index contributed by atoms with van der Waals surface area (Å²) in [5.41, 5.74) is 2.21. The maximum absolute atomic E-state index is 14.0. The summed E-state index contributed by atoms with van der Waals surface area (Å²) in [6.07, 6.45) is 1.56. The Hall–Kier alpha value is -4.56. The second kappa shape index (κ2) is 13.3. The Balaban J connectivity index is 1.56. The van der Waals surface area contributed by atoms with Crippen molar-refractivity contribution in [3.8, 4) is 11.5 Å². The molecule has 0 aromatic heterocycles. The van der Waals surface area contributed by atoms with Crippen molar-refractivity contribution in [2.24, 2.45) is 0 Å². The number of hydrogen-bond acceptors (Lipinski definition) is 5. The van der Waals surface area contributed by atoms with E-state index in [4.69, 9.17) is 9.47 Å². The molecule has 0 aliphatic heterocycles. The van der Waals surface area contributed by atoms with Gasteiger partial charge in [0.1, 0.15) is 11.5 Å². The Morgan fingerprint density at radius 2 is 1.59 bits per heavy atom. The SMILES string of the molecule is COc1ccc(/C=C(/NC(=O)c2ccccc2)C(=O)Nc2cccc(SCc3ccccc3F)c2)cc1OC. The summed E-state index contributed by atoms with van der Waals surface area (Å²) >= 11 is 1.45. The van der Waals surface area contributed by atoms with E-state index in [9.17, 15) is 14.0 Å². The van der Waals surface area contributed by atoms with Crippen LogP contribution in [-0.2, 0) is 10.5 Å². The minimum atomic E-state index is -0.509. The van der Waals surface area contributed by atoms with Gasteiger partial charge in [0, 0.05) is 21.9 Å². The molecule has 0 saturated heterocycles. The van der Waals surface area contributed by atoms with Gasteiger partial charge in [-0.3, -0.25) is 9.59 Å². The summed E-state index contributed by atoms with van der Waals surface area (Å²) in [5.74, 6) is 0.283. The first-order valence-corrected chi connectivity index (χ1v) is 13.0. The fourth-order valence-corrected chi connectivity index (χ4v) is 4.63. The average molecular weight is 543 g/mol. The second-order valence-electron chi connectivity index (χ2n) is 8.35. The molecule has 0 saturated carbocycles. The van der Waals surface area contributed by atoms with Crippen LogP contribution in [0.2, 0.25) is 0 Å². The Morgan fingerprint density at radius 1 is 0.846 bits per heavy atom. The smallest absolute Gasteiger partial charge is 0.272 e. The molecular weight excluding hydrogens is 515 g/mol. The molecule has 39 heavy (non-hydrogen) atoms. The van der Waals surface area contributed by atoms with Crippen LogP contribution in [0.25, 0.3) is 6.08 Å². The highest BCUT2D eigenvalue weighted by molar-refractivity contribution is 7.98. The number of methoxy groups -OCH3 is 2. The van der Waals surface area contributed by atoms with E-state index < -0.39 is 11.8 Å². The zero-order valence-electron chi connectivity index (χ0n) is 21.4. The number of ether oxygens (including phenoxy) is 2. The van der Waals surface area contributed by atoms with Gasteiger partial charge in [0.2, 0.25) is 0 Å². The van der Waals surface area contributed by atoms with Gasteiger partial charge in [-0.25, -0.2) is 4.39 Å². The molecule has 2 N–H and O–H groups in total. The Kier molecular flexibility index (Phi) is 9.37. The lowest BCUT2D eigenvalue weighted by molar-refractivity contribution is -0.113. The summed E-state index contributed by atoms with van der Waals surface area (Å²) in [6.45, 7) is 0. The van der Waals surface area contributed by atoms with Crippen molar-refractivity contribution in [2.45, 2.75) is 10.6 Å². The summed E-state index contributed by atoms with van der Waals surface area (Å²) in [7, 11) is 3.06. The number of carbonyl (C=O) groups excluding carboxylic acids is 2. The van der Waals surface area contributed by atoms with Crippen LogP contribution in [-0.4, -0.2) is 26.0 Å². The molecule has 198 valence electrons. The molecule has 0 spiro atoms. The number of carbonyl (C=O) groups is 2. The third-order valence-corrected chi connectivity index (χ3v) is 6.73. The van der Waals surface area contributed by atoms with Crippen molar-refractivity contribution in [1.29, 1.82) is 0 Å². The molecule has 0 heterocycles. The van der Waals surface area contributed by atoms with E-state index in [-0.39, 0.29) is 11.5 Å². The molecule has 2 amide bonds. The molecule has 0 aliphatic rings. The maximum atomic E-state index is 14.0. The number of thioether (sulfide) groups is 1. The van der Waals surface area contributed by atoms with E-state index in [2.05, 4.69) is 10.6 Å². The normalized spacial score (nSPS) is 11.0. The molecule has 4 aromatic rings. The molecule has 0 atom stereocenters. The fraction of sp³-hybridized carbons (Fsp3) is 0.0968. The molecular formula is C31H27FN2O4S. The lowest BCUT2D eigenvalue weighted by Gasteiger charge is -2.13. The van der Waals surface area contributed by atoms with Gasteiger partial charge in [0.15, 0.2) is 11.5 Å². The first kappa shape index (κ1) is 27.5. The van der Waals surface area contributed by atoms with E-state index in [0.717, 1.165) is 4.90 Å². The van der Waals surface area contributed by atoms with E-state index in [1.54, 1.807) is 91.0 Å². The number of anilines is 1. The van der Waals surface area contributed by atoms with E-state index >= 15 is 0 Å². The van der Waals surface area contributed by atoms with Crippen LogP contribution in [0.15, 0.2) is 108 Å². The first-order valence-electron chi connectivity index (χ1n) is 12.0. The van der Waals surface area contributed by atoms with Gasteiger partial charge >= 0.3 is 0 Å². The zero-order valence-corrected chi connectivity index (χ0v) is 22.3. The highest BCUT2D eigenvalue weighted by Gasteiger charge is 2.16. The van der Waals surface area contributed by atoms with Gasteiger partial charge in [0.25, 0.3) is 11.8 Å². The topological polar surface area (TPSA) is 76.7 Å². The third kappa shape index (κ3) is 7.49. The molecule has 0 fully saturated rings. The molecule has 4 aromatic carbocycles. The van der Waals surface area contributed by atoms with Crippen LogP contribution in [0, 0.1) is 5.82 Å². The van der Waals surface area contributed by atoms with Crippen LogP contribution in [0.5, 0.6) is 11.5 Å². The van der Waals surface area contributed by atoms with E-state index in [1.165, 1.54) is 32.0 Å². The maximum Gasteiger partial charge on any atom is 0.272 e. The van der Waals surface area contributed by atoms with Gasteiger partial charge in [-0.2, -0.15) is 0 Å². The van der Waals surface area contributed by atoms with Crippen molar-refractivity contribution >= 4 is 35.3 Å². The number of benzene rings is 4. The number of amides is 2. The van der Waals surface area contributed by atoms with Gasteiger partial charge in [-0.15, -0.1) is 11.8 Å². The van der Waals surface area contributed by atoms with Crippen LogP contribution in [0.4, 0.5) is 10.1 Å². The summed E-state index contributed by atoms with van der Waals surface area (Å²) in [4.78, 5) is 27.2. The number of nitrogens with one attached hydrogen (secondary N) is 2. The van der Waals surface area contributed by atoms with Crippen molar-refractivity contribution in [3.63, 3.8) is 0 Å². The van der Waals surface area contributed by atoms with Crippen LogP contribution in [0.1, 0.15) is 21.5 Å². The van der Waals surface area contributed by atoms with Crippen molar-refractivity contribution in [3.05, 3.63) is 125 Å². The monoisotopic (exact) mass is 542 g/mol. The average Bonchev–Trinajstić information content (AvgIpc) is 2.97. The molecule has 0 bridgehead atoms. The Labute approximate surface area is 230 Å². The Bertz CT molecular complexity index is 1490. The molecule has 6 nitrogen and oxygen atoms in total. The van der Waals surface area contributed by atoms with Gasteiger partial charge in [-0.1, -0.05) is 48.5 Å². The minimum absolute atomic E-state index is 0.0421. The summed E-state index contributed by atoms with van der Waals surface area (Å²) < 4.78 is 24.7. The van der Waals surface area contributed by atoms with Gasteiger partial charge in [0.05, 0.1) is 14.2 Å². The third-order valence-electron chi connectivity index (χ3n) is 5.69. The lowest BCUT2D eigenvalue weighted by atomic mass is 10.1. The Morgan fingerprint density at radius 3 is 2.33 bits per heavy atom. The predicted octanol–water partition coefficient (Wildman–Crippen LogP) is 6.54. The quantitative estimate of drug-likeness (QED) is 0.176. The summed E-state index contributed by atoms with van der Waals surface area (Å²) in [6, 6.07) is 27.7.